The Kier molecular flexibility index (Phi) is 3.51. The first kappa shape index (κ1) is 12.5. The fourth-order valence-electron chi connectivity index (χ4n) is 1.42. The quantitative estimate of drug-likeness (QED) is 0.810. The van der Waals surface area contributed by atoms with Crippen LogP contribution in [0, 0.1) is 25.2 Å². The van der Waals surface area contributed by atoms with E-state index in [9.17, 15) is 0 Å². The van der Waals surface area contributed by atoms with Gasteiger partial charge in [0.2, 0.25) is 0 Å². The van der Waals surface area contributed by atoms with E-state index in [-0.39, 0.29) is 5.54 Å². The normalized spacial score (nSPS) is 11.0. The third-order valence-electron chi connectivity index (χ3n) is 2.17. The Morgan fingerprint density at radius 2 is 2.12 bits per heavy atom. The molecule has 16 heavy (non-hydrogen) atoms. The van der Waals surface area contributed by atoms with Crippen LogP contribution < -0.4 is 11.1 Å². The molecule has 1 aromatic rings. The number of nitriles is 1. The minimum absolute atomic E-state index is 0.327. The van der Waals surface area contributed by atoms with Gasteiger partial charge in [-0.25, -0.2) is 4.98 Å². The highest BCUT2D eigenvalue weighted by Crippen LogP contribution is 2.17. The van der Waals surface area contributed by atoms with Crippen LogP contribution in [0.15, 0.2) is 6.07 Å². The Morgan fingerprint density at radius 3 is 2.62 bits per heavy atom. The molecular weight excluding hydrogens is 200 g/mol. The SMILES string of the molecule is Cc1cc(C)c(C#N)c(NCC(C)(C)N)n1. The minimum Gasteiger partial charge on any atom is -0.367 e. The van der Waals surface area contributed by atoms with E-state index < -0.39 is 0 Å². The number of rotatable bonds is 3. The molecule has 0 bridgehead atoms. The Labute approximate surface area is 96.5 Å². The largest absolute Gasteiger partial charge is 0.367 e. The summed E-state index contributed by atoms with van der Waals surface area (Å²) in [5.74, 6) is 0.624. The summed E-state index contributed by atoms with van der Waals surface area (Å²) in [4.78, 5) is 4.32. The second kappa shape index (κ2) is 4.50. The van der Waals surface area contributed by atoms with Crippen LogP contribution in [0.5, 0.6) is 0 Å². The summed E-state index contributed by atoms with van der Waals surface area (Å²) in [6, 6.07) is 4.06. The van der Waals surface area contributed by atoms with E-state index in [4.69, 9.17) is 11.0 Å². The van der Waals surface area contributed by atoms with E-state index in [0.29, 0.717) is 17.9 Å². The van der Waals surface area contributed by atoms with Crippen molar-refractivity contribution < 1.29 is 0 Å². The lowest BCUT2D eigenvalue weighted by molar-refractivity contribution is 0.548. The predicted molar refractivity (Wildman–Crippen MR) is 65.2 cm³/mol. The molecule has 1 rings (SSSR count). The smallest absolute Gasteiger partial charge is 0.144 e. The van der Waals surface area contributed by atoms with E-state index in [1.54, 1.807) is 0 Å². The summed E-state index contributed by atoms with van der Waals surface area (Å²) in [6.45, 7) is 8.25. The number of anilines is 1. The number of aryl methyl sites for hydroxylation is 2. The van der Waals surface area contributed by atoms with Gasteiger partial charge < -0.3 is 11.1 Å². The van der Waals surface area contributed by atoms with E-state index in [0.717, 1.165) is 11.3 Å². The van der Waals surface area contributed by atoms with Gasteiger partial charge >= 0.3 is 0 Å². The van der Waals surface area contributed by atoms with Crippen LogP contribution in [0.4, 0.5) is 5.82 Å². The van der Waals surface area contributed by atoms with Gasteiger partial charge in [0.15, 0.2) is 0 Å². The third kappa shape index (κ3) is 3.21. The minimum atomic E-state index is -0.327. The average molecular weight is 218 g/mol. The van der Waals surface area contributed by atoms with Crippen LogP contribution in [0.1, 0.15) is 30.7 Å². The molecule has 86 valence electrons. The van der Waals surface area contributed by atoms with Gasteiger partial charge in [0.25, 0.3) is 0 Å². The van der Waals surface area contributed by atoms with Crippen molar-refractivity contribution in [2.24, 2.45) is 5.73 Å². The maximum absolute atomic E-state index is 9.06. The maximum atomic E-state index is 9.06. The van der Waals surface area contributed by atoms with Gasteiger partial charge in [-0.05, 0) is 39.3 Å². The lowest BCUT2D eigenvalue weighted by Crippen LogP contribution is -2.40. The molecule has 0 saturated heterocycles. The van der Waals surface area contributed by atoms with Gasteiger partial charge in [0.05, 0.1) is 5.56 Å². The molecule has 0 amide bonds. The molecule has 0 aliphatic heterocycles. The summed E-state index contributed by atoms with van der Waals surface area (Å²) in [7, 11) is 0. The van der Waals surface area contributed by atoms with Crippen LogP contribution in [0.3, 0.4) is 0 Å². The standard InChI is InChI=1S/C12H18N4/c1-8-5-9(2)16-11(10(8)6-13)15-7-12(3,4)14/h5H,7,14H2,1-4H3,(H,15,16). The summed E-state index contributed by atoms with van der Waals surface area (Å²) < 4.78 is 0. The zero-order chi connectivity index (χ0) is 12.3. The number of hydrogen-bond acceptors (Lipinski definition) is 4. The zero-order valence-electron chi connectivity index (χ0n) is 10.3. The highest BCUT2D eigenvalue weighted by Gasteiger charge is 2.13. The molecule has 0 spiro atoms. The van der Waals surface area contributed by atoms with Crippen molar-refractivity contribution in [3.05, 3.63) is 22.9 Å². The second-order valence-corrected chi connectivity index (χ2v) is 4.76. The molecule has 4 nitrogen and oxygen atoms in total. The first-order chi connectivity index (χ1) is 7.33. The van der Waals surface area contributed by atoms with Crippen molar-refractivity contribution in [1.82, 2.24) is 4.98 Å². The van der Waals surface area contributed by atoms with Crippen molar-refractivity contribution >= 4 is 5.82 Å². The van der Waals surface area contributed by atoms with Crippen LogP contribution in [-0.2, 0) is 0 Å². The first-order valence-corrected chi connectivity index (χ1v) is 5.24. The fraction of sp³-hybridized carbons (Fsp3) is 0.500. The highest BCUT2D eigenvalue weighted by molar-refractivity contribution is 5.56. The Morgan fingerprint density at radius 1 is 1.50 bits per heavy atom. The van der Waals surface area contributed by atoms with Gasteiger partial charge in [-0.2, -0.15) is 5.26 Å². The van der Waals surface area contributed by atoms with Crippen LogP contribution in [0.2, 0.25) is 0 Å². The molecule has 0 radical (unpaired) electrons. The van der Waals surface area contributed by atoms with Gasteiger partial charge in [0, 0.05) is 17.8 Å². The molecule has 1 heterocycles. The van der Waals surface area contributed by atoms with E-state index in [2.05, 4.69) is 16.4 Å². The monoisotopic (exact) mass is 218 g/mol. The summed E-state index contributed by atoms with van der Waals surface area (Å²) >= 11 is 0. The highest BCUT2D eigenvalue weighted by atomic mass is 15.0. The van der Waals surface area contributed by atoms with Gasteiger partial charge in [-0.3, -0.25) is 0 Å². The molecule has 1 aromatic heterocycles. The summed E-state index contributed by atoms with van der Waals surface area (Å²) in [5, 5.41) is 12.2. The molecule has 3 N–H and O–H groups in total. The molecule has 4 heteroatoms. The Balaban J connectivity index is 3.00. The van der Waals surface area contributed by atoms with E-state index in [1.807, 2.05) is 33.8 Å². The maximum Gasteiger partial charge on any atom is 0.144 e. The number of hydrogen-bond donors (Lipinski definition) is 2. The van der Waals surface area contributed by atoms with Gasteiger partial charge in [0.1, 0.15) is 11.9 Å². The molecule has 0 atom stereocenters. The second-order valence-electron chi connectivity index (χ2n) is 4.76. The Bertz CT molecular complexity index is 424. The van der Waals surface area contributed by atoms with Crippen LogP contribution >= 0.6 is 0 Å². The zero-order valence-corrected chi connectivity index (χ0v) is 10.3. The molecular formula is C12H18N4. The van der Waals surface area contributed by atoms with Crippen LogP contribution in [0.25, 0.3) is 0 Å². The molecule has 0 aliphatic carbocycles. The van der Waals surface area contributed by atoms with E-state index >= 15 is 0 Å². The van der Waals surface area contributed by atoms with Crippen LogP contribution in [-0.4, -0.2) is 17.1 Å². The van der Waals surface area contributed by atoms with Crippen molar-refractivity contribution in [3.63, 3.8) is 0 Å². The summed E-state index contributed by atoms with van der Waals surface area (Å²) in [6.07, 6.45) is 0. The lowest BCUT2D eigenvalue weighted by atomic mass is 10.1. The third-order valence-corrected chi connectivity index (χ3v) is 2.17. The van der Waals surface area contributed by atoms with Crippen molar-refractivity contribution in [1.29, 1.82) is 5.26 Å². The fourth-order valence-corrected chi connectivity index (χ4v) is 1.42. The Hall–Kier alpha value is -1.60. The van der Waals surface area contributed by atoms with Gasteiger partial charge in [-0.1, -0.05) is 0 Å². The number of pyridine rings is 1. The lowest BCUT2D eigenvalue weighted by Gasteiger charge is -2.20. The molecule has 0 aliphatic rings. The number of aromatic nitrogens is 1. The molecule has 0 saturated carbocycles. The number of nitrogens with zero attached hydrogens (tertiary/aromatic N) is 2. The molecule has 0 aromatic carbocycles. The topological polar surface area (TPSA) is 74.7 Å². The first-order valence-electron chi connectivity index (χ1n) is 5.24. The van der Waals surface area contributed by atoms with Crippen molar-refractivity contribution in [2.45, 2.75) is 33.2 Å². The van der Waals surface area contributed by atoms with Crippen molar-refractivity contribution in [2.75, 3.05) is 11.9 Å². The predicted octanol–water partition coefficient (Wildman–Crippen LogP) is 1.72. The van der Waals surface area contributed by atoms with E-state index in [1.165, 1.54) is 0 Å². The molecule has 0 unspecified atom stereocenters. The summed E-state index contributed by atoms with van der Waals surface area (Å²) in [5.41, 5.74) is 7.98. The molecule has 0 fully saturated rings. The van der Waals surface area contributed by atoms with Gasteiger partial charge in [-0.15, -0.1) is 0 Å². The average Bonchev–Trinajstić information content (AvgIpc) is 2.12. The van der Waals surface area contributed by atoms with Crippen molar-refractivity contribution in [3.8, 4) is 6.07 Å². The number of nitrogens with one attached hydrogen (secondary N) is 1. The number of nitrogens with two attached hydrogens (primary N) is 1.